The van der Waals surface area contributed by atoms with Gasteiger partial charge in [0.2, 0.25) is 0 Å². The van der Waals surface area contributed by atoms with Crippen LogP contribution in [0.15, 0.2) is 30.3 Å². The summed E-state index contributed by atoms with van der Waals surface area (Å²) in [5.74, 6) is 0.475. The maximum atomic E-state index is 11.1. The molecule has 264 valence electrons. The zero-order chi connectivity index (χ0) is 33.4. The normalized spacial score (nSPS) is 41.7. The highest BCUT2D eigenvalue weighted by atomic mass is 16.8. The van der Waals surface area contributed by atoms with Crippen LogP contribution in [0, 0.1) is 0 Å². The van der Waals surface area contributed by atoms with Crippen molar-refractivity contribution in [2.45, 2.75) is 111 Å². The minimum Gasteiger partial charge on any atom is -0.491 e. The molecule has 3 aliphatic rings. The summed E-state index contributed by atoms with van der Waals surface area (Å²) >= 11 is 0. The minimum absolute atomic E-state index is 0.191. The third-order valence-corrected chi connectivity index (χ3v) is 8.18. The Balaban J connectivity index is 1.46. The zero-order valence-corrected chi connectivity index (χ0v) is 25.2. The highest BCUT2D eigenvalue weighted by molar-refractivity contribution is 5.21. The summed E-state index contributed by atoms with van der Waals surface area (Å²) in [5.41, 5.74) is 5.52. The molecule has 0 spiro atoms. The number of rotatable bonds is 15. The van der Waals surface area contributed by atoms with Crippen LogP contribution in [-0.2, 0) is 28.4 Å². The van der Waals surface area contributed by atoms with Gasteiger partial charge in [0.25, 0.3) is 0 Å². The summed E-state index contributed by atoms with van der Waals surface area (Å²) in [7, 11) is 0. The fraction of sp³-hybridized carbons (Fsp3) is 0.793. The van der Waals surface area contributed by atoms with E-state index in [1.54, 1.807) is 30.3 Å². The average molecular weight is 666 g/mol. The van der Waals surface area contributed by atoms with E-state index in [1.165, 1.54) is 0 Å². The molecule has 0 aliphatic carbocycles. The Morgan fingerprint density at radius 3 is 1.74 bits per heavy atom. The van der Waals surface area contributed by atoms with Gasteiger partial charge in [-0.15, -0.1) is 0 Å². The summed E-state index contributed by atoms with van der Waals surface area (Å²) in [6.07, 6.45) is -21.4. The van der Waals surface area contributed by atoms with Gasteiger partial charge >= 0.3 is 0 Å². The maximum Gasteiger partial charge on any atom is 0.187 e. The van der Waals surface area contributed by atoms with Gasteiger partial charge in [0.15, 0.2) is 18.9 Å². The molecule has 1 aromatic carbocycles. The molecule has 3 fully saturated rings. The van der Waals surface area contributed by atoms with Crippen molar-refractivity contribution >= 4 is 0 Å². The fourth-order valence-electron chi connectivity index (χ4n) is 5.49. The molecular weight excluding hydrogens is 618 g/mol. The van der Waals surface area contributed by atoms with Crippen LogP contribution in [-0.4, -0.2) is 171 Å². The van der Waals surface area contributed by atoms with Gasteiger partial charge < -0.3 is 84.9 Å². The van der Waals surface area contributed by atoms with E-state index in [4.69, 9.17) is 38.9 Å². The maximum absolute atomic E-state index is 11.1. The second-order valence-corrected chi connectivity index (χ2v) is 11.5. The van der Waals surface area contributed by atoms with Gasteiger partial charge in [-0.2, -0.15) is 0 Å². The molecule has 15 unspecified atom stereocenters. The number of nitrogens with two attached hydrogens (primary N) is 1. The lowest BCUT2D eigenvalue weighted by Gasteiger charge is -2.48. The van der Waals surface area contributed by atoms with E-state index in [9.17, 15) is 46.0 Å². The molecule has 0 saturated carbocycles. The summed E-state index contributed by atoms with van der Waals surface area (Å²) in [5, 5.41) is 93.9. The minimum atomic E-state index is -1.88. The number of ether oxygens (including phenoxy) is 7. The molecule has 0 bridgehead atoms. The Bertz CT molecular complexity index is 1010. The van der Waals surface area contributed by atoms with Crippen LogP contribution in [0.1, 0.15) is 19.3 Å². The molecule has 1 aromatic rings. The number of para-hydroxylation sites is 1. The molecule has 0 radical (unpaired) electrons. The lowest BCUT2D eigenvalue weighted by molar-refractivity contribution is -0.379. The first-order valence-electron chi connectivity index (χ1n) is 15.4. The van der Waals surface area contributed by atoms with E-state index in [2.05, 4.69) is 0 Å². The first kappa shape index (κ1) is 37.2. The smallest absolute Gasteiger partial charge is 0.187 e. The summed E-state index contributed by atoms with van der Waals surface area (Å²) in [6, 6.07) is 8.69. The zero-order valence-electron chi connectivity index (χ0n) is 25.2. The Morgan fingerprint density at radius 1 is 0.587 bits per heavy atom. The van der Waals surface area contributed by atoms with Crippen molar-refractivity contribution < 1.29 is 79.1 Å². The van der Waals surface area contributed by atoms with Gasteiger partial charge in [0, 0.05) is 6.61 Å². The van der Waals surface area contributed by atoms with E-state index in [1.807, 2.05) is 0 Å². The van der Waals surface area contributed by atoms with Crippen molar-refractivity contribution in [1.82, 2.24) is 0 Å². The predicted molar refractivity (Wildman–Crippen MR) is 153 cm³/mol. The second kappa shape index (κ2) is 17.7. The molecule has 17 heteroatoms. The van der Waals surface area contributed by atoms with E-state index >= 15 is 0 Å². The first-order valence-corrected chi connectivity index (χ1v) is 15.4. The topological polar surface area (TPSA) is 273 Å². The van der Waals surface area contributed by atoms with Crippen LogP contribution in [0.3, 0.4) is 0 Å². The van der Waals surface area contributed by atoms with Crippen LogP contribution >= 0.6 is 0 Å². The fourth-order valence-corrected chi connectivity index (χ4v) is 5.49. The molecule has 46 heavy (non-hydrogen) atoms. The Kier molecular flexibility index (Phi) is 14.3. The lowest BCUT2D eigenvalue weighted by Crippen LogP contribution is -2.66. The molecule has 0 amide bonds. The number of hydrogen-bond donors (Lipinski definition) is 10. The van der Waals surface area contributed by atoms with E-state index in [0.29, 0.717) is 18.7 Å². The summed E-state index contributed by atoms with van der Waals surface area (Å²) in [4.78, 5) is 0. The number of aliphatic hydroxyl groups is 9. The predicted octanol–water partition coefficient (Wildman–Crippen LogP) is -4.33. The quantitative estimate of drug-likeness (QED) is 0.0793. The molecule has 15 atom stereocenters. The molecule has 3 heterocycles. The Morgan fingerprint density at radius 2 is 1.13 bits per heavy atom. The van der Waals surface area contributed by atoms with Crippen molar-refractivity contribution in [1.29, 1.82) is 0 Å². The molecule has 17 nitrogen and oxygen atoms in total. The third-order valence-electron chi connectivity index (χ3n) is 8.18. The van der Waals surface area contributed by atoms with E-state index in [0.717, 1.165) is 12.8 Å². The number of unbranched alkanes of at least 4 members (excludes halogenated alkanes) is 2. The Hall–Kier alpha value is -1.62. The van der Waals surface area contributed by atoms with Crippen LogP contribution in [0.4, 0.5) is 0 Å². The van der Waals surface area contributed by atoms with Crippen LogP contribution in [0.25, 0.3) is 0 Å². The Labute approximate surface area is 265 Å². The highest BCUT2D eigenvalue weighted by Crippen LogP contribution is 2.33. The summed E-state index contributed by atoms with van der Waals surface area (Å²) in [6.45, 7) is -0.969. The van der Waals surface area contributed by atoms with Crippen LogP contribution in [0.2, 0.25) is 0 Å². The number of aliphatic hydroxyl groups excluding tert-OH is 9. The molecular formula is C29H47NO16. The van der Waals surface area contributed by atoms with Crippen molar-refractivity contribution in [2.24, 2.45) is 5.73 Å². The van der Waals surface area contributed by atoms with Gasteiger partial charge in [0.1, 0.15) is 85.6 Å². The average Bonchev–Trinajstić information content (AvgIpc) is 3.06. The van der Waals surface area contributed by atoms with Crippen molar-refractivity contribution in [3.8, 4) is 5.75 Å². The van der Waals surface area contributed by atoms with Gasteiger partial charge in [0.05, 0.1) is 13.2 Å². The monoisotopic (exact) mass is 665 g/mol. The second-order valence-electron chi connectivity index (χ2n) is 11.5. The van der Waals surface area contributed by atoms with Gasteiger partial charge in [-0.1, -0.05) is 18.2 Å². The molecule has 0 aromatic heterocycles. The number of benzene rings is 1. The molecule has 3 aliphatic heterocycles. The largest absolute Gasteiger partial charge is 0.491 e. The van der Waals surface area contributed by atoms with Crippen LogP contribution in [0.5, 0.6) is 5.75 Å². The highest BCUT2D eigenvalue weighted by Gasteiger charge is 2.53. The van der Waals surface area contributed by atoms with Crippen LogP contribution < -0.4 is 10.5 Å². The van der Waals surface area contributed by atoms with E-state index < -0.39 is 105 Å². The van der Waals surface area contributed by atoms with Crippen molar-refractivity contribution in [3.05, 3.63) is 30.3 Å². The first-order chi connectivity index (χ1) is 22.1. The van der Waals surface area contributed by atoms with E-state index in [-0.39, 0.29) is 13.2 Å². The van der Waals surface area contributed by atoms with Gasteiger partial charge in [-0.25, -0.2) is 0 Å². The third kappa shape index (κ3) is 8.88. The summed E-state index contributed by atoms with van der Waals surface area (Å²) < 4.78 is 39.9. The molecule has 11 N–H and O–H groups in total. The van der Waals surface area contributed by atoms with Crippen molar-refractivity contribution in [2.75, 3.05) is 33.0 Å². The lowest BCUT2D eigenvalue weighted by atomic mass is 9.96. The SMILES string of the molecule is NCCCCCOC1OC(COc2ccccc2)C(OC2OC(CO)C(OC3OC(CO)C(O)C(O)C3O)C(O)C2O)C(O)C1O. The molecule has 3 saturated heterocycles. The molecule has 4 rings (SSSR count). The van der Waals surface area contributed by atoms with Crippen molar-refractivity contribution in [3.63, 3.8) is 0 Å². The van der Waals surface area contributed by atoms with Gasteiger partial charge in [-0.05, 0) is 37.9 Å². The number of hydrogen-bond acceptors (Lipinski definition) is 17. The van der Waals surface area contributed by atoms with Gasteiger partial charge in [-0.3, -0.25) is 0 Å². The standard InChI is InChI=1S/C29H47NO16/c30-9-5-2-6-10-40-27-23(38)20(35)26(17(44-27)13-41-14-7-3-1-4-8-14)46-29-24(39)21(36)25(16(12-32)43-29)45-28-22(37)19(34)18(33)15(11-31)42-28/h1,3-4,7-8,15-29,31-39H,2,5-6,9-13,30H2.